The van der Waals surface area contributed by atoms with Gasteiger partial charge < -0.3 is 10.2 Å². The van der Waals surface area contributed by atoms with Crippen molar-refractivity contribution in [3.05, 3.63) is 28.2 Å². The van der Waals surface area contributed by atoms with Gasteiger partial charge in [0.05, 0.1) is 5.69 Å². The number of hydrogen-bond acceptors (Lipinski definition) is 2. The van der Waals surface area contributed by atoms with Crippen LogP contribution in [0, 0.1) is 0 Å². The Bertz CT molecular complexity index is 371. The van der Waals surface area contributed by atoms with Gasteiger partial charge in [0.15, 0.2) is 0 Å². The van der Waals surface area contributed by atoms with Crippen molar-refractivity contribution in [3.8, 4) is 0 Å². The second-order valence-corrected chi connectivity index (χ2v) is 6.11. The molecule has 0 unspecified atom stereocenters. The molecule has 0 spiro atoms. The molecule has 0 aliphatic carbocycles. The first kappa shape index (κ1) is 17.5. The Kier molecular flexibility index (Phi) is 8.95. The standard InChI is InChI=1S/C17H29BrN2/c1-4-7-11-20(12-8-5-2)17-10-9-15(13-16(17)18)14-19-6-3/h9-10,13,19H,4-8,11-12,14H2,1-3H3. The van der Waals surface area contributed by atoms with Gasteiger partial charge in [0.25, 0.3) is 0 Å². The molecule has 0 saturated heterocycles. The van der Waals surface area contributed by atoms with Crippen molar-refractivity contribution >= 4 is 21.6 Å². The lowest BCUT2D eigenvalue weighted by Gasteiger charge is -2.26. The molecule has 20 heavy (non-hydrogen) atoms. The van der Waals surface area contributed by atoms with Gasteiger partial charge in [-0.2, -0.15) is 0 Å². The topological polar surface area (TPSA) is 15.3 Å². The molecule has 2 nitrogen and oxygen atoms in total. The van der Waals surface area contributed by atoms with Crippen LogP contribution in [0.4, 0.5) is 5.69 Å². The Morgan fingerprint density at radius 2 is 1.70 bits per heavy atom. The number of unbranched alkanes of at least 4 members (excludes halogenated alkanes) is 2. The van der Waals surface area contributed by atoms with E-state index in [4.69, 9.17) is 0 Å². The second-order valence-electron chi connectivity index (χ2n) is 5.26. The molecular formula is C17H29BrN2. The molecule has 1 aromatic rings. The molecule has 0 fully saturated rings. The zero-order valence-corrected chi connectivity index (χ0v) is 14.8. The summed E-state index contributed by atoms with van der Waals surface area (Å²) in [4.78, 5) is 2.52. The molecule has 0 bridgehead atoms. The predicted molar refractivity (Wildman–Crippen MR) is 93.6 cm³/mol. The van der Waals surface area contributed by atoms with Crippen LogP contribution < -0.4 is 10.2 Å². The average Bonchev–Trinajstić information content (AvgIpc) is 2.46. The first-order chi connectivity index (χ1) is 9.72. The summed E-state index contributed by atoms with van der Waals surface area (Å²) in [5.74, 6) is 0. The van der Waals surface area contributed by atoms with Gasteiger partial charge in [-0.1, -0.05) is 39.7 Å². The Hall–Kier alpha value is -0.540. The molecule has 114 valence electrons. The van der Waals surface area contributed by atoms with Gasteiger partial charge in [-0.15, -0.1) is 0 Å². The van der Waals surface area contributed by atoms with Crippen LogP contribution >= 0.6 is 15.9 Å². The van der Waals surface area contributed by atoms with Gasteiger partial charge in [-0.05, 0) is 53.0 Å². The molecule has 0 radical (unpaired) electrons. The highest BCUT2D eigenvalue weighted by Gasteiger charge is 2.10. The van der Waals surface area contributed by atoms with Gasteiger partial charge >= 0.3 is 0 Å². The van der Waals surface area contributed by atoms with Gasteiger partial charge in [0.1, 0.15) is 0 Å². The third kappa shape index (κ3) is 5.84. The highest BCUT2D eigenvalue weighted by Crippen LogP contribution is 2.28. The number of hydrogen-bond donors (Lipinski definition) is 1. The summed E-state index contributed by atoms with van der Waals surface area (Å²) < 4.78 is 1.22. The fraction of sp³-hybridized carbons (Fsp3) is 0.647. The Balaban J connectivity index is 2.78. The van der Waals surface area contributed by atoms with E-state index in [0.29, 0.717) is 0 Å². The third-order valence-electron chi connectivity index (χ3n) is 3.50. The maximum atomic E-state index is 3.75. The lowest BCUT2D eigenvalue weighted by Crippen LogP contribution is -2.26. The molecular weight excluding hydrogens is 312 g/mol. The van der Waals surface area contributed by atoms with E-state index >= 15 is 0 Å². The minimum absolute atomic E-state index is 0.944. The van der Waals surface area contributed by atoms with E-state index in [2.05, 4.69) is 65.1 Å². The van der Waals surface area contributed by atoms with Crippen LogP contribution in [0.3, 0.4) is 0 Å². The second kappa shape index (κ2) is 10.2. The number of halogens is 1. The van der Waals surface area contributed by atoms with E-state index in [-0.39, 0.29) is 0 Å². The Morgan fingerprint density at radius 3 is 2.20 bits per heavy atom. The summed E-state index contributed by atoms with van der Waals surface area (Å²) in [6.45, 7) is 10.9. The van der Waals surface area contributed by atoms with Crippen LogP contribution in [0.1, 0.15) is 52.0 Å². The van der Waals surface area contributed by atoms with Gasteiger partial charge in [0.2, 0.25) is 0 Å². The third-order valence-corrected chi connectivity index (χ3v) is 4.13. The Labute approximate surface area is 133 Å². The van der Waals surface area contributed by atoms with E-state index in [1.54, 1.807) is 0 Å². The molecule has 3 heteroatoms. The average molecular weight is 341 g/mol. The molecule has 1 N–H and O–H groups in total. The fourth-order valence-electron chi connectivity index (χ4n) is 2.24. The summed E-state index contributed by atoms with van der Waals surface area (Å²) in [5.41, 5.74) is 2.68. The van der Waals surface area contributed by atoms with Crippen molar-refractivity contribution in [2.24, 2.45) is 0 Å². The van der Waals surface area contributed by atoms with Crippen LogP contribution in [0.2, 0.25) is 0 Å². The van der Waals surface area contributed by atoms with E-state index in [1.165, 1.54) is 41.4 Å². The van der Waals surface area contributed by atoms with Crippen LogP contribution in [-0.4, -0.2) is 19.6 Å². The maximum absolute atomic E-state index is 3.75. The summed E-state index contributed by atoms with van der Waals surface area (Å²) in [6, 6.07) is 6.76. The predicted octanol–water partition coefficient (Wildman–Crippen LogP) is 4.97. The van der Waals surface area contributed by atoms with Crippen molar-refractivity contribution in [1.29, 1.82) is 0 Å². The van der Waals surface area contributed by atoms with Crippen molar-refractivity contribution in [2.75, 3.05) is 24.5 Å². The van der Waals surface area contributed by atoms with Crippen molar-refractivity contribution in [2.45, 2.75) is 53.0 Å². The van der Waals surface area contributed by atoms with E-state index < -0.39 is 0 Å². The summed E-state index contributed by atoms with van der Waals surface area (Å²) >= 11 is 3.75. The van der Waals surface area contributed by atoms with Crippen LogP contribution in [-0.2, 0) is 6.54 Å². The number of benzene rings is 1. The van der Waals surface area contributed by atoms with Crippen molar-refractivity contribution in [3.63, 3.8) is 0 Å². The number of nitrogens with one attached hydrogen (secondary N) is 1. The normalized spacial score (nSPS) is 10.8. The molecule has 0 atom stereocenters. The van der Waals surface area contributed by atoms with E-state index in [0.717, 1.165) is 26.2 Å². The fourth-order valence-corrected chi connectivity index (χ4v) is 2.91. The number of rotatable bonds is 10. The summed E-state index contributed by atoms with van der Waals surface area (Å²) in [5, 5.41) is 3.37. The Morgan fingerprint density at radius 1 is 1.05 bits per heavy atom. The molecule has 0 saturated carbocycles. The van der Waals surface area contributed by atoms with E-state index in [1.807, 2.05) is 0 Å². The number of nitrogens with zero attached hydrogens (tertiary/aromatic N) is 1. The van der Waals surface area contributed by atoms with E-state index in [9.17, 15) is 0 Å². The highest BCUT2D eigenvalue weighted by molar-refractivity contribution is 9.10. The first-order valence-corrected chi connectivity index (χ1v) is 8.76. The lowest BCUT2D eigenvalue weighted by atomic mass is 10.1. The molecule has 0 aliphatic rings. The molecule has 0 amide bonds. The number of anilines is 1. The minimum atomic E-state index is 0.944. The van der Waals surface area contributed by atoms with Crippen LogP contribution in [0.15, 0.2) is 22.7 Å². The van der Waals surface area contributed by atoms with Crippen LogP contribution in [0.5, 0.6) is 0 Å². The summed E-state index contributed by atoms with van der Waals surface area (Å²) in [6.07, 6.45) is 5.02. The van der Waals surface area contributed by atoms with Gasteiger partial charge in [0, 0.05) is 24.1 Å². The lowest BCUT2D eigenvalue weighted by molar-refractivity contribution is 0.676. The summed E-state index contributed by atoms with van der Waals surface area (Å²) in [7, 11) is 0. The quantitative estimate of drug-likeness (QED) is 0.647. The molecule has 1 aromatic carbocycles. The smallest absolute Gasteiger partial charge is 0.0510 e. The zero-order valence-electron chi connectivity index (χ0n) is 13.2. The first-order valence-electron chi connectivity index (χ1n) is 7.97. The SMILES string of the molecule is CCCCN(CCCC)c1ccc(CNCC)cc1Br. The van der Waals surface area contributed by atoms with Crippen LogP contribution in [0.25, 0.3) is 0 Å². The minimum Gasteiger partial charge on any atom is -0.371 e. The molecule has 0 aliphatic heterocycles. The molecule has 0 aromatic heterocycles. The van der Waals surface area contributed by atoms with Gasteiger partial charge in [-0.3, -0.25) is 0 Å². The monoisotopic (exact) mass is 340 g/mol. The largest absolute Gasteiger partial charge is 0.371 e. The zero-order chi connectivity index (χ0) is 14.8. The molecule has 0 heterocycles. The molecule has 1 rings (SSSR count). The van der Waals surface area contributed by atoms with Crippen molar-refractivity contribution in [1.82, 2.24) is 5.32 Å². The maximum Gasteiger partial charge on any atom is 0.0510 e. The van der Waals surface area contributed by atoms with Gasteiger partial charge in [-0.25, -0.2) is 0 Å². The van der Waals surface area contributed by atoms with Crippen molar-refractivity contribution < 1.29 is 0 Å². The highest BCUT2D eigenvalue weighted by atomic mass is 79.9.